The fourth-order valence-electron chi connectivity index (χ4n) is 2.59. The minimum atomic E-state index is 0.248. The van der Waals surface area contributed by atoms with Gasteiger partial charge in [-0.2, -0.15) is 0 Å². The fraction of sp³-hybridized carbons (Fsp3) is 0.571. The van der Waals surface area contributed by atoms with Crippen molar-refractivity contribution >= 4 is 0 Å². The first-order chi connectivity index (χ1) is 8.20. The van der Waals surface area contributed by atoms with Crippen LogP contribution in [0.25, 0.3) is 0 Å². The minimum absolute atomic E-state index is 0.248. The molecule has 2 N–H and O–H groups in total. The van der Waals surface area contributed by atoms with Crippen LogP contribution in [-0.4, -0.2) is 24.8 Å². The van der Waals surface area contributed by atoms with Crippen LogP contribution in [-0.2, 0) is 6.42 Å². The van der Waals surface area contributed by atoms with Gasteiger partial charge in [-0.15, -0.1) is 0 Å². The molecule has 94 valence electrons. The molecule has 3 heteroatoms. The molecule has 1 unspecified atom stereocenters. The molecule has 0 amide bonds. The molecule has 1 aromatic rings. The number of benzene rings is 1. The molecule has 2 rings (SSSR count). The highest BCUT2D eigenvalue weighted by atomic mass is 16.5. The van der Waals surface area contributed by atoms with Crippen LogP contribution >= 0.6 is 0 Å². The normalized spacial score (nSPS) is 20.2. The molecule has 0 saturated carbocycles. The summed E-state index contributed by atoms with van der Waals surface area (Å²) in [6.45, 7) is 3.09. The van der Waals surface area contributed by atoms with E-state index >= 15 is 0 Å². The number of nitrogens with one attached hydrogen (secondary N) is 1. The number of hydrogen-bond donors (Lipinski definition) is 2. The van der Waals surface area contributed by atoms with Crippen molar-refractivity contribution in [1.29, 1.82) is 0 Å². The van der Waals surface area contributed by atoms with Gasteiger partial charge in [0.05, 0.1) is 7.11 Å². The summed E-state index contributed by atoms with van der Waals surface area (Å²) in [5.74, 6) is 0.837. The SMILES string of the molecule is COc1c(C)cc(CC2CCCCN2)cc1O. The summed E-state index contributed by atoms with van der Waals surface area (Å²) < 4.78 is 5.16. The van der Waals surface area contributed by atoms with Crippen molar-refractivity contribution in [3.05, 3.63) is 23.3 Å². The highest BCUT2D eigenvalue weighted by Crippen LogP contribution is 2.31. The predicted molar refractivity (Wildman–Crippen MR) is 68.7 cm³/mol. The lowest BCUT2D eigenvalue weighted by Crippen LogP contribution is -2.35. The second kappa shape index (κ2) is 5.41. The molecular weight excluding hydrogens is 214 g/mol. The van der Waals surface area contributed by atoms with Crippen molar-refractivity contribution in [2.75, 3.05) is 13.7 Å². The average Bonchev–Trinajstić information content (AvgIpc) is 2.30. The lowest BCUT2D eigenvalue weighted by molar-refractivity contribution is 0.369. The number of aromatic hydroxyl groups is 1. The summed E-state index contributed by atoms with van der Waals surface area (Å²) in [4.78, 5) is 0. The summed E-state index contributed by atoms with van der Waals surface area (Å²) in [6.07, 6.45) is 4.80. The third-order valence-corrected chi connectivity index (χ3v) is 3.41. The maximum atomic E-state index is 9.86. The van der Waals surface area contributed by atoms with Crippen molar-refractivity contribution in [3.8, 4) is 11.5 Å². The van der Waals surface area contributed by atoms with Crippen molar-refractivity contribution in [1.82, 2.24) is 5.32 Å². The maximum Gasteiger partial charge on any atom is 0.163 e. The summed E-state index contributed by atoms with van der Waals surface area (Å²) in [5, 5.41) is 13.4. The molecule has 0 bridgehead atoms. The topological polar surface area (TPSA) is 41.5 Å². The summed E-state index contributed by atoms with van der Waals surface area (Å²) >= 11 is 0. The Balaban J connectivity index is 2.10. The summed E-state index contributed by atoms with van der Waals surface area (Å²) in [7, 11) is 1.59. The molecule has 1 aliphatic heterocycles. The first kappa shape index (κ1) is 12.2. The van der Waals surface area contributed by atoms with Crippen LogP contribution in [0.2, 0.25) is 0 Å². The second-order valence-electron chi connectivity index (χ2n) is 4.82. The van der Waals surface area contributed by atoms with E-state index in [1.807, 2.05) is 13.0 Å². The lowest BCUT2D eigenvalue weighted by atomic mass is 9.96. The number of rotatable bonds is 3. The Labute approximate surface area is 103 Å². The number of ether oxygens (including phenoxy) is 1. The smallest absolute Gasteiger partial charge is 0.163 e. The van der Waals surface area contributed by atoms with Gasteiger partial charge < -0.3 is 15.2 Å². The molecule has 1 aromatic carbocycles. The van der Waals surface area contributed by atoms with Gasteiger partial charge in [0.1, 0.15) is 0 Å². The van der Waals surface area contributed by atoms with Crippen LogP contribution in [0.5, 0.6) is 11.5 Å². The van der Waals surface area contributed by atoms with Gasteiger partial charge in [0.25, 0.3) is 0 Å². The Morgan fingerprint density at radius 1 is 1.41 bits per heavy atom. The molecule has 1 atom stereocenters. The quantitative estimate of drug-likeness (QED) is 0.845. The fourth-order valence-corrected chi connectivity index (χ4v) is 2.59. The predicted octanol–water partition coefficient (Wildman–Crippen LogP) is 2.39. The Morgan fingerprint density at radius 3 is 2.82 bits per heavy atom. The molecule has 0 aliphatic carbocycles. The third kappa shape index (κ3) is 2.91. The van der Waals surface area contributed by atoms with E-state index < -0.39 is 0 Å². The first-order valence-corrected chi connectivity index (χ1v) is 6.30. The van der Waals surface area contributed by atoms with Crippen LogP contribution in [0.4, 0.5) is 0 Å². The second-order valence-corrected chi connectivity index (χ2v) is 4.82. The highest BCUT2D eigenvalue weighted by Gasteiger charge is 2.15. The van der Waals surface area contributed by atoms with Gasteiger partial charge in [0, 0.05) is 6.04 Å². The Bertz CT molecular complexity index is 361. The van der Waals surface area contributed by atoms with Gasteiger partial charge >= 0.3 is 0 Å². The molecule has 0 spiro atoms. The van der Waals surface area contributed by atoms with Crippen molar-refractivity contribution in [3.63, 3.8) is 0 Å². The monoisotopic (exact) mass is 235 g/mol. The van der Waals surface area contributed by atoms with Crippen LogP contribution in [0.15, 0.2) is 12.1 Å². The van der Waals surface area contributed by atoms with Crippen LogP contribution in [0.3, 0.4) is 0 Å². The van der Waals surface area contributed by atoms with E-state index in [9.17, 15) is 5.11 Å². The molecule has 0 aromatic heterocycles. The Hall–Kier alpha value is -1.22. The van der Waals surface area contributed by atoms with E-state index in [1.54, 1.807) is 7.11 Å². The molecule has 3 nitrogen and oxygen atoms in total. The number of aryl methyl sites for hydroxylation is 1. The zero-order valence-electron chi connectivity index (χ0n) is 10.6. The molecule has 1 fully saturated rings. The van der Waals surface area contributed by atoms with Crippen molar-refractivity contribution in [2.45, 2.75) is 38.6 Å². The Kier molecular flexibility index (Phi) is 3.89. The third-order valence-electron chi connectivity index (χ3n) is 3.41. The largest absolute Gasteiger partial charge is 0.504 e. The molecular formula is C14H21NO2. The van der Waals surface area contributed by atoms with E-state index in [1.165, 1.54) is 24.8 Å². The minimum Gasteiger partial charge on any atom is -0.504 e. The zero-order chi connectivity index (χ0) is 12.3. The van der Waals surface area contributed by atoms with Gasteiger partial charge in [-0.3, -0.25) is 0 Å². The van der Waals surface area contributed by atoms with Crippen LogP contribution in [0.1, 0.15) is 30.4 Å². The molecule has 1 heterocycles. The number of phenolic OH excluding ortho intramolecular Hbond substituents is 1. The molecule has 17 heavy (non-hydrogen) atoms. The number of hydrogen-bond acceptors (Lipinski definition) is 3. The first-order valence-electron chi connectivity index (χ1n) is 6.30. The van der Waals surface area contributed by atoms with E-state index in [-0.39, 0.29) is 5.75 Å². The zero-order valence-corrected chi connectivity index (χ0v) is 10.6. The number of piperidine rings is 1. The van der Waals surface area contributed by atoms with E-state index in [0.717, 1.165) is 18.5 Å². The number of methoxy groups -OCH3 is 1. The van der Waals surface area contributed by atoms with Gasteiger partial charge in [-0.05, 0) is 49.9 Å². The maximum absolute atomic E-state index is 9.86. The van der Waals surface area contributed by atoms with Crippen molar-refractivity contribution < 1.29 is 9.84 Å². The van der Waals surface area contributed by atoms with Gasteiger partial charge in [-0.1, -0.05) is 12.5 Å². The van der Waals surface area contributed by atoms with Gasteiger partial charge in [-0.25, -0.2) is 0 Å². The number of phenols is 1. The van der Waals surface area contributed by atoms with Crippen LogP contribution < -0.4 is 10.1 Å². The van der Waals surface area contributed by atoms with E-state index in [0.29, 0.717) is 11.8 Å². The highest BCUT2D eigenvalue weighted by molar-refractivity contribution is 5.48. The van der Waals surface area contributed by atoms with Crippen LogP contribution in [0, 0.1) is 6.92 Å². The van der Waals surface area contributed by atoms with Gasteiger partial charge in [0.2, 0.25) is 0 Å². The average molecular weight is 235 g/mol. The van der Waals surface area contributed by atoms with Crippen molar-refractivity contribution in [2.24, 2.45) is 0 Å². The molecule has 0 radical (unpaired) electrons. The molecule has 1 saturated heterocycles. The lowest BCUT2D eigenvalue weighted by Gasteiger charge is -2.23. The van der Waals surface area contributed by atoms with Gasteiger partial charge in [0.15, 0.2) is 11.5 Å². The Morgan fingerprint density at radius 2 is 2.24 bits per heavy atom. The molecule has 1 aliphatic rings. The van der Waals surface area contributed by atoms with E-state index in [2.05, 4.69) is 11.4 Å². The standard InChI is InChI=1S/C14H21NO2/c1-10-7-11(9-13(16)14(10)17-2)8-12-5-3-4-6-15-12/h7,9,12,15-16H,3-6,8H2,1-2H3. The summed E-state index contributed by atoms with van der Waals surface area (Å²) in [6, 6.07) is 4.48. The summed E-state index contributed by atoms with van der Waals surface area (Å²) in [5.41, 5.74) is 2.18. The van der Waals surface area contributed by atoms with E-state index in [4.69, 9.17) is 4.74 Å².